The van der Waals surface area contributed by atoms with E-state index in [0.29, 0.717) is 46.2 Å². The molecule has 3 aromatic carbocycles. The van der Waals surface area contributed by atoms with Crippen molar-refractivity contribution in [1.29, 1.82) is 0 Å². The van der Waals surface area contributed by atoms with Crippen LogP contribution in [0.15, 0.2) is 91.0 Å². The number of hydrogen-bond donors (Lipinski definition) is 3. The third-order valence-electron chi connectivity index (χ3n) is 27.9. The lowest BCUT2D eigenvalue weighted by Crippen LogP contribution is -2.60. The fourth-order valence-corrected chi connectivity index (χ4v) is 23.2. The number of hydrogen-bond acceptors (Lipinski definition) is 6. The molecule has 19 rings (SSSR count). The van der Waals surface area contributed by atoms with E-state index in [9.17, 15) is 14.4 Å². The first kappa shape index (κ1) is 66.6. The van der Waals surface area contributed by atoms with Crippen LogP contribution >= 0.6 is 0 Å². The molecular formula is C85H115N9O3. The van der Waals surface area contributed by atoms with Crippen molar-refractivity contribution >= 4 is 17.7 Å². The molecule has 12 heteroatoms. The van der Waals surface area contributed by atoms with Crippen LogP contribution in [0.25, 0.3) is 17.1 Å². The minimum absolute atomic E-state index is 0.0212. The number of rotatable bonds is 10. The fourth-order valence-electron chi connectivity index (χ4n) is 23.2. The molecule has 0 saturated heterocycles. The van der Waals surface area contributed by atoms with Gasteiger partial charge < -0.3 is 16.0 Å². The zero-order valence-electron chi connectivity index (χ0n) is 61.1. The maximum Gasteiger partial charge on any atom is 0.272 e. The highest BCUT2D eigenvalue weighted by atomic mass is 16.2. The van der Waals surface area contributed by atoms with Gasteiger partial charge in [-0.1, -0.05) is 138 Å². The van der Waals surface area contributed by atoms with E-state index in [0.717, 1.165) is 117 Å². The molecule has 518 valence electrons. The lowest BCUT2D eigenvalue weighted by molar-refractivity contribution is -0.0503. The molecular weight excluding hydrogens is 1190 g/mol. The molecule has 13 aliphatic rings. The molecule has 3 heterocycles. The average Bonchev–Trinajstić information content (AvgIpc) is 1.67. The van der Waals surface area contributed by atoms with Crippen LogP contribution in [-0.4, -0.2) is 65.2 Å². The molecule has 10 fully saturated rings. The molecule has 0 aliphatic heterocycles. The second-order valence-electron chi connectivity index (χ2n) is 38.1. The highest BCUT2D eigenvalue weighted by Gasteiger charge is 2.60. The van der Waals surface area contributed by atoms with Gasteiger partial charge >= 0.3 is 0 Å². The Bertz CT molecular complexity index is 3830. The van der Waals surface area contributed by atoms with Crippen molar-refractivity contribution < 1.29 is 14.4 Å². The van der Waals surface area contributed by atoms with Gasteiger partial charge in [-0.25, -0.2) is 14.0 Å². The Labute approximate surface area is 580 Å². The number of carbonyl (C=O) groups is 3. The van der Waals surface area contributed by atoms with Gasteiger partial charge in [0.05, 0.1) is 17.1 Å². The zero-order valence-corrected chi connectivity index (χ0v) is 61.1. The van der Waals surface area contributed by atoms with Crippen molar-refractivity contribution in [3.05, 3.63) is 142 Å². The van der Waals surface area contributed by atoms with Crippen molar-refractivity contribution in [2.45, 2.75) is 249 Å². The normalized spacial score (nSPS) is 32.2. The summed E-state index contributed by atoms with van der Waals surface area (Å²) in [5.74, 6) is 7.76. The standard InChI is InChI=1S/C29H39N3O.C28H37N3O.C28H39N3O/c1-28(2,3)22-9-10-25-24(14-22)26(31-32(25)23-7-5-4-6-8-23)27(33)30-18-29-15-19-11-20(16-29)13-21(12-19)17-29;1-27(2,3)21-9-10-24-23(14-21)25(30-31(24)22-7-5-4-6-8-22)26(32)29-28-15-18-11-19(16-28)13-20(12-18)17-28;1-26(2,3)18-12-13-22-21(16-18)23(30-31(22)20-10-8-7-9-11-20)24(32)29-25-27(4,5)19-14-15-28(25,6)17-19/h4-8,19-22H,9-18H2,1-3H3,(H,30,33);4-8,18-21H,9-17H2,1-3H3,(H,29,32);7-11,18-19,25H,12-17H2,1-6H3,(H,29,32). The summed E-state index contributed by atoms with van der Waals surface area (Å²) in [6, 6.07) is 31.2. The summed E-state index contributed by atoms with van der Waals surface area (Å²) in [7, 11) is 0. The van der Waals surface area contributed by atoms with Gasteiger partial charge in [0.25, 0.3) is 17.7 Å². The van der Waals surface area contributed by atoms with Crippen molar-refractivity contribution in [2.24, 2.45) is 91.7 Å². The number of nitrogens with zero attached hydrogens (tertiary/aromatic N) is 6. The van der Waals surface area contributed by atoms with E-state index in [-0.39, 0.29) is 56.4 Å². The van der Waals surface area contributed by atoms with E-state index >= 15 is 0 Å². The summed E-state index contributed by atoms with van der Waals surface area (Å²) in [4.78, 5) is 41.2. The number of fused-ring (bicyclic) bond motifs is 5. The average molecular weight is 1310 g/mol. The molecule has 6 aromatic rings. The first-order valence-electron chi connectivity index (χ1n) is 38.5. The van der Waals surface area contributed by atoms with E-state index in [1.54, 1.807) is 0 Å². The highest BCUT2D eigenvalue weighted by Crippen LogP contribution is 2.63. The highest BCUT2D eigenvalue weighted by molar-refractivity contribution is 5.96. The monoisotopic (exact) mass is 1310 g/mol. The van der Waals surface area contributed by atoms with E-state index in [4.69, 9.17) is 15.3 Å². The largest absolute Gasteiger partial charge is 0.350 e. The molecule has 12 nitrogen and oxygen atoms in total. The predicted molar refractivity (Wildman–Crippen MR) is 387 cm³/mol. The van der Waals surface area contributed by atoms with Crippen LogP contribution in [0.4, 0.5) is 0 Å². The minimum atomic E-state index is 0.0212. The summed E-state index contributed by atoms with van der Waals surface area (Å²) < 4.78 is 6.15. The lowest BCUT2D eigenvalue weighted by atomic mass is 9.49. The second-order valence-corrected chi connectivity index (χ2v) is 38.1. The number of aromatic nitrogens is 6. The maximum atomic E-state index is 13.8. The SMILES string of the molecule is CC(C)(C)C1CCc2c(c(C(=O)NC34CC5CC(CC(C5)C3)C4)nn2-c2ccccc2)C1.CC(C)(C)C1CCc2c(c(C(=O)NC3C4(C)CCC(C4)C3(C)C)nn2-c2ccccc2)C1.CC(C)(C)C1CCc2c(c(C(=O)NCC34CC5CC(CC(C5)C3)C4)nn2-c2ccccc2)C1. The molecule has 3 amide bonds. The molecule has 6 unspecified atom stereocenters. The topological polar surface area (TPSA) is 141 Å². The van der Waals surface area contributed by atoms with Gasteiger partial charge in [0.2, 0.25) is 0 Å². The summed E-state index contributed by atoms with van der Waals surface area (Å²) in [5, 5.41) is 25.4. The Kier molecular flexibility index (Phi) is 17.0. The molecule has 0 spiro atoms. The van der Waals surface area contributed by atoms with Gasteiger partial charge in [0.15, 0.2) is 17.1 Å². The van der Waals surface area contributed by atoms with E-state index in [1.807, 2.05) is 39.7 Å². The molecule has 13 aliphatic carbocycles. The summed E-state index contributed by atoms with van der Waals surface area (Å²) in [5.41, 5.74) is 13.8. The number of carbonyl (C=O) groups excluding carboxylic acids is 3. The Morgan fingerprint density at radius 1 is 0.454 bits per heavy atom. The van der Waals surface area contributed by atoms with Gasteiger partial charge in [-0.3, -0.25) is 14.4 Å². The van der Waals surface area contributed by atoms with Gasteiger partial charge in [0.1, 0.15) is 0 Å². The predicted octanol–water partition coefficient (Wildman–Crippen LogP) is 17.7. The lowest BCUT2D eigenvalue weighted by Gasteiger charge is -2.56. The molecule has 3 N–H and O–H groups in total. The molecule has 10 bridgehead atoms. The summed E-state index contributed by atoms with van der Waals surface area (Å²) in [6.07, 6.45) is 29.0. The number of nitrogens with one attached hydrogen (secondary N) is 3. The van der Waals surface area contributed by atoms with Crippen LogP contribution in [0.1, 0.15) is 264 Å². The molecule has 3 aromatic heterocycles. The smallest absolute Gasteiger partial charge is 0.272 e. The fraction of sp³-hybridized carbons (Fsp3) is 0.647. The van der Waals surface area contributed by atoms with Crippen molar-refractivity contribution in [3.8, 4) is 17.1 Å². The van der Waals surface area contributed by atoms with E-state index in [1.165, 1.54) is 130 Å². The summed E-state index contributed by atoms with van der Waals surface area (Å²) >= 11 is 0. The van der Waals surface area contributed by atoms with Crippen LogP contribution < -0.4 is 16.0 Å². The van der Waals surface area contributed by atoms with Gasteiger partial charge in [-0.15, -0.1) is 0 Å². The second kappa shape index (κ2) is 24.8. The number of benzene rings is 3. The molecule has 10 saturated carbocycles. The van der Waals surface area contributed by atoms with Crippen molar-refractivity contribution in [3.63, 3.8) is 0 Å². The van der Waals surface area contributed by atoms with E-state index < -0.39 is 0 Å². The van der Waals surface area contributed by atoms with Crippen LogP contribution in [0, 0.1) is 91.7 Å². The quantitative estimate of drug-likeness (QED) is 0.125. The minimum Gasteiger partial charge on any atom is -0.350 e. The molecule has 97 heavy (non-hydrogen) atoms. The zero-order chi connectivity index (χ0) is 67.8. The van der Waals surface area contributed by atoms with Crippen molar-refractivity contribution in [1.82, 2.24) is 45.3 Å². The number of para-hydroxylation sites is 3. The number of amides is 3. The third-order valence-corrected chi connectivity index (χ3v) is 27.9. The summed E-state index contributed by atoms with van der Waals surface area (Å²) in [6.45, 7) is 28.9. The first-order valence-corrected chi connectivity index (χ1v) is 38.5. The Balaban J connectivity index is 0.000000119. The molecule has 6 atom stereocenters. The maximum absolute atomic E-state index is 13.8. The van der Waals surface area contributed by atoms with Crippen molar-refractivity contribution in [2.75, 3.05) is 6.54 Å². The van der Waals surface area contributed by atoms with E-state index in [2.05, 4.69) is 164 Å². The van der Waals surface area contributed by atoms with Crippen LogP contribution in [-0.2, 0) is 38.5 Å². The van der Waals surface area contributed by atoms with Crippen LogP contribution in [0.2, 0.25) is 0 Å². The first-order chi connectivity index (χ1) is 46.1. The van der Waals surface area contributed by atoms with Crippen LogP contribution in [0.5, 0.6) is 0 Å². The van der Waals surface area contributed by atoms with Gasteiger partial charge in [-0.2, -0.15) is 15.3 Å². The van der Waals surface area contributed by atoms with Crippen LogP contribution in [0.3, 0.4) is 0 Å². The molecule has 0 radical (unpaired) electrons. The Morgan fingerprint density at radius 3 is 1.15 bits per heavy atom. The van der Waals surface area contributed by atoms with Gasteiger partial charge in [-0.05, 0) is 282 Å². The Morgan fingerprint density at radius 2 is 0.804 bits per heavy atom. The Hall–Kier alpha value is -6.30. The van der Waals surface area contributed by atoms with Gasteiger partial charge in [0, 0.05) is 51.9 Å². The third kappa shape index (κ3) is 12.7.